The van der Waals surface area contributed by atoms with E-state index in [-0.39, 0.29) is 13.6 Å². The summed E-state index contributed by atoms with van der Waals surface area (Å²) in [5.41, 5.74) is -8.06. The predicted molar refractivity (Wildman–Crippen MR) is 197 cm³/mol. The topological polar surface area (TPSA) is 210 Å². The third kappa shape index (κ3) is 7.19. The van der Waals surface area contributed by atoms with Crippen molar-refractivity contribution in [1.29, 1.82) is 0 Å². The third-order valence-electron chi connectivity index (χ3n) is 12.5. The van der Waals surface area contributed by atoms with Crippen LogP contribution in [-0.4, -0.2) is 140 Å². The first kappa shape index (κ1) is 44.6. The lowest BCUT2D eigenvalue weighted by molar-refractivity contribution is -0.226. The van der Waals surface area contributed by atoms with E-state index in [1.165, 1.54) is 0 Å². The van der Waals surface area contributed by atoms with Gasteiger partial charge in [0.15, 0.2) is 0 Å². The number of ether oxygens (including phenoxy) is 4. The van der Waals surface area contributed by atoms with Gasteiger partial charge >= 0.3 is 0 Å². The van der Waals surface area contributed by atoms with Gasteiger partial charge in [0.05, 0.1) is 63.7 Å². The first-order valence-electron chi connectivity index (χ1n) is 17.0. The normalized spacial score (nSPS) is 37.0. The SMILES string of the molecule is CC12C3(COS(C)(=O)=O)C(OCOCC[Si](C)(C)C)C4(COS(C)(=O)=O)C(COS(C)(=O)=O)(C(OCOCC[Si](C)(C)C)C31COS(C)(=O)=O)C42C. The summed E-state index contributed by atoms with van der Waals surface area (Å²) >= 11 is 0. The Morgan fingerprint density at radius 3 is 0.885 bits per heavy atom. The van der Waals surface area contributed by atoms with E-state index in [9.17, 15) is 33.7 Å². The summed E-state index contributed by atoms with van der Waals surface area (Å²) in [6.07, 6.45) is 1.22. The van der Waals surface area contributed by atoms with E-state index in [0.29, 0.717) is 13.2 Å². The fraction of sp³-hybridized carbons (Fsp3) is 1.00. The molecular formula is C30H58O16S4Si2. The third-order valence-corrected chi connectivity index (χ3v) is 18.1. The van der Waals surface area contributed by atoms with Crippen LogP contribution in [0.4, 0.5) is 0 Å². The molecule has 0 bridgehead atoms. The minimum atomic E-state index is -4.11. The Kier molecular flexibility index (Phi) is 11.8. The molecule has 4 fully saturated rings. The number of rotatable bonds is 24. The van der Waals surface area contributed by atoms with Gasteiger partial charge in [-0.15, -0.1) is 0 Å². The van der Waals surface area contributed by atoms with Crippen molar-refractivity contribution in [2.45, 2.75) is 77.4 Å². The maximum Gasteiger partial charge on any atom is 0.264 e. The molecular weight excluding hydrogens is 801 g/mol. The Morgan fingerprint density at radius 2 is 0.692 bits per heavy atom. The Morgan fingerprint density at radius 1 is 0.462 bits per heavy atom. The van der Waals surface area contributed by atoms with Crippen LogP contribution < -0.4 is 0 Å². The second-order valence-corrected chi connectivity index (χ2v) is 35.6. The fourth-order valence-corrected chi connectivity index (χ4v) is 13.5. The molecule has 0 aliphatic heterocycles. The van der Waals surface area contributed by atoms with Gasteiger partial charge in [0.25, 0.3) is 40.5 Å². The first-order chi connectivity index (χ1) is 23.3. The van der Waals surface area contributed by atoms with Gasteiger partial charge in [-0.25, -0.2) is 0 Å². The monoisotopic (exact) mass is 858 g/mol. The number of fused-ring (bicyclic) bond motifs is 2. The molecule has 4 aliphatic rings. The van der Waals surface area contributed by atoms with Gasteiger partial charge in [0.2, 0.25) is 0 Å². The second kappa shape index (κ2) is 13.8. The quantitative estimate of drug-likeness (QED) is 0.0590. The zero-order valence-electron chi connectivity index (χ0n) is 32.4. The largest absolute Gasteiger partial charge is 0.356 e. The van der Waals surface area contributed by atoms with Crippen molar-refractivity contribution in [3.63, 3.8) is 0 Å². The van der Waals surface area contributed by atoms with Crippen molar-refractivity contribution in [3.05, 3.63) is 0 Å². The number of hydrogen-bond donors (Lipinski definition) is 0. The van der Waals surface area contributed by atoms with Crippen LogP contribution in [0.1, 0.15) is 13.8 Å². The summed E-state index contributed by atoms with van der Waals surface area (Å²) in [5.74, 6) is 0. The Balaban J connectivity index is 1.94. The van der Waals surface area contributed by atoms with Crippen LogP contribution in [0.2, 0.25) is 51.4 Å². The molecule has 0 amide bonds. The summed E-state index contributed by atoms with van der Waals surface area (Å²) in [6, 6.07) is 1.60. The summed E-state index contributed by atoms with van der Waals surface area (Å²) in [6.45, 7) is 14.6. The maximum atomic E-state index is 12.6. The van der Waals surface area contributed by atoms with Crippen LogP contribution in [0.25, 0.3) is 0 Å². The van der Waals surface area contributed by atoms with Crippen LogP contribution in [-0.2, 0) is 76.2 Å². The highest BCUT2D eigenvalue weighted by Crippen LogP contribution is 3.14. The molecule has 4 rings (SSSR count). The van der Waals surface area contributed by atoms with Crippen LogP contribution in [0, 0.1) is 32.5 Å². The van der Waals surface area contributed by atoms with E-state index in [4.69, 9.17) is 35.7 Å². The summed E-state index contributed by atoms with van der Waals surface area (Å²) < 4.78 is 148. The lowest BCUT2D eigenvalue weighted by atomic mass is 9.65. The van der Waals surface area contributed by atoms with Crippen LogP contribution >= 0.6 is 0 Å². The van der Waals surface area contributed by atoms with Crippen molar-refractivity contribution >= 4 is 56.6 Å². The highest BCUT2D eigenvalue weighted by molar-refractivity contribution is 7.86. The molecule has 0 aromatic rings. The van der Waals surface area contributed by atoms with Crippen molar-refractivity contribution in [1.82, 2.24) is 0 Å². The average Bonchev–Trinajstić information content (AvgIpc) is 3.59. The van der Waals surface area contributed by atoms with Gasteiger partial charge in [-0.3, -0.25) is 16.7 Å². The van der Waals surface area contributed by atoms with Crippen LogP contribution in [0.3, 0.4) is 0 Å². The molecule has 4 unspecified atom stereocenters. The smallest absolute Gasteiger partial charge is 0.264 e. The molecule has 0 radical (unpaired) electrons. The summed E-state index contributed by atoms with van der Waals surface area (Å²) in [4.78, 5) is 0. The van der Waals surface area contributed by atoms with E-state index in [1.807, 2.05) is 0 Å². The standard InChI is InChI=1S/C30H58O16S4Si2/c1-25-26(2)29(19-45-49(5,35)36)23(41-21-39-13-15-51(7,8)9)27(25,17-43-47(3,31)32)28(25,18-44-48(4,33)34)24(30(26,29)20-46-50(6,37)38)42-22-40-14-16-52(10,11)12/h23-24H,13-22H2,1-12H3. The molecule has 306 valence electrons. The van der Waals surface area contributed by atoms with Gasteiger partial charge in [-0.1, -0.05) is 53.1 Å². The molecule has 4 saturated carbocycles. The Bertz CT molecular complexity index is 1580. The van der Waals surface area contributed by atoms with E-state index < -0.39 is 128 Å². The first-order valence-corrected chi connectivity index (χ1v) is 31.7. The molecule has 0 heterocycles. The minimum absolute atomic E-state index is 0.306. The molecule has 0 saturated heterocycles. The van der Waals surface area contributed by atoms with E-state index >= 15 is 0 Å². The van der Waals surface area contributed by atoms with E-state index in [1.54, 1.807) is 13.8 Å². The van der Waals surface area contributed by atoms with Gasteiger partial charge in [-0.2, -0.15) is 33.7 Å². The Hall–Kier alpha value is -0.0862. The summed E-state index contributed by atoms with van der Waals surface area (Å²) in [7, 11) is -19.5. The highest BCUT2D eigenvalue weighted by Gasteiger charge is 3.19. The molecule has 22 heteroatoms. The van der Waals surface area contributed by atoms with Crippen molar-refractivity contribution < 1.29 is 69.4 Å². The molecule has 4 aliphatic carbocycles. The second-order valence-electron chi connectivity index (χ2n) is 17.8. The zero-order chi connectivity index (χ0) is 39.9. The van der Waals surface area contributed by atoms with Gasteiger partial charge in [0, 0.05) is 51.0 Å². The molecule has 4 atom stereocenters. The van der Waals surface area contributed by atoms with Crippen molar-refractivity contribution in [2.24, 2.45) is 32.5 Å². The number of hydrogen-bond acceptors (Lipinski definition) is 16. The van der Waals surface area contributed by atoms with Gasteiger partial charge in [-0.05, 0) is 22.9 Å². The van der Waals surface area contributed by atoms with E-state index in [2.05, 4.69) is 39.3 Å². The van der Waals surface area contributed by atoms with Gasteiger partial charge < -0.3 is 18.9 Å². The van der Waals surface area contributed by atoms with Crippen molar-refractivity contribution in [2.75, 3.05) is 78.3 Å². The average molecular weight is 859 g/mol. The van der Waals surface area contributed by atoms with Crippen LogP contribution in [0.15, 0.2) is 0 Å². The fourth-order valence-electron chi connectivity index (χ4n) is 10.4. The zero-order valence-corrected chi connectivity index (χ0v) is 37.7. The van der Waals surface area contributed by atoms with Gasteiger partial charge in [0.1, 0.15) is 13.6 Å². The molecule has 0 aromatic heterocycles. The molecule has 52 heavy (non-hydrogen) atoms. The van der Waals surface area contributed by atoms with Crippen molar-refractivity contribution in [3.8, 4) is 0 Å². The minimum Gasteiger partial charge on any atom is -0.356 e. The molecule has 0 spiro atoms. The lowest BCUT2D eigenvalue weighted by Crippen LogP contribution is -2.59. The van der Waals surface area contributed by atoms with E-state index in [0.717, 1.165) is 37.1 Å². The highest BCUT2D eigenvalue weighted by atomic mass is 32.2. The molecule has 16 nitrogen and oxygen atoms in total. The van der Waals surface area contributed by atoms with Crippen LogP contribution in [0.5, 0.6) is 0 Å². The predicted octanol–water partition coefficient (Wildman–Crippen LogP) is 2.30. The lowest BCUT2D eigenvalue weighted by Gasteiger charge is -2.49. The summed E-state index contributed by atoms with van der Waals surface area (Å²) in [5, 5.41) is 0. The maximum absolute atomic E-state index is 12.6. The molecule has 0 aromatic carbocycles. The molecule has 0 N–H and O–H groups in total. The Labute approximate surface area is 312 Å².